The Kier molecular flexibility index (Phi) is 6.82. The van der Waals surface area contributed by atoms with Gasteiger partial charge in [-0.05, 0) is 30.3 Å². The number of nitrogens with one attached hydrogen (secondary N) is 1. The number of rotatable bonds is 7. The summed E-state index contributed by atoms with van der Waals surface area (Å²) in [5, 5.41) is 6.38. The first-order valence-electron chi connectivity index (χ1n) is 9.96. The number of methoxy groups -OCH3 is 3. The lowest BCUT2D eigenvalue weighted by Crippen LogP contribution is -2.12. The smallest absolute Gasteiger partial charge is 0.255 e. The highest BCUT2D eigenvalue weighted by molar-refractivity contribution is 7.13. The molecule has 33 heavy (non-hydrogen) atoms. The molecule has 3 aromatic carbocycles. The van der Waals surface area contributed by atoms with Crippen molar-refractivity contribution in [2.24, 2.45) is 0 Å². The van der Waals surface area contributed by atoms with Crippen LogP contribution >= 0.6 is 22.9 Å². The van der Waals surface area contributed by atoms with Gasteiger partial charge in [-0.1, -0.05) is 41.9 Å². The van der Waals surface area contributed by atoms with Gasteiger partial charge in [0.15, 0.2) is 11.5 Å². The fraction of sp³-hybridized carbons (Fsp3) is 0.120. The van der Waals surface area contributed by atoms with E-state index in [-0.39, 0.29) is 5.91 Å². The molecule has 0 radical (unpaired) electrons. The number of aromatic nitrogens is 1. The maximum atomic E-state index is 12.9. The van der Waals surface area contributed by atoms with Crippen LogP contribution in [-0.2, 0) is 0 Å². The quantitative estimate of drug-likeness (QED) is 0.331. The molecule has 8 heteroatoms. The Hall–Kier alpha value is -3.55. The molecule has 0 aliphatic rings. The van der Waals surface area contributed by atoms with E-state index in [9.17, 15) is 4.79 Å². The van der Waals surface area contributed by atoms with Crippen LogP contribution in [0, 0.1) is 0 Å². The van der Waals surface area contributed by atoms with E-state index in [0.717, 1.165) is 21.8 Å². The second-order valence-corrected chi connectivity index (χ2v) is 8.23. The third-order valence-corrected chi connectivity index (χ3v) is 6.16. The van der Waals surface area contributed by atoms with Gasteiger partial charge in [0.05, 0.1) is 32.0 Å². The van der Waals surface area contributed by atoms with Crippen LogP contribution in [0.1, 0.15) is 10.4 Å². The number of carbonyl (C=O) groups is 1. The summed E-state index contributed by atoms with van der Waals surface area (Å²) < 4.78 is 16.0. The third kappa shape index (κ3) is 4.79. The maximum absolute atomic E-state index is 12.9. The van der Waals surface area contributed by atoms with E-state index in [1.165, 1.54) is 32.7 Å². The fourth-order valence-electron chi connectivity index (χ4n) is 3.34. The molecular weight excluding hydrogens is 460 g/mol. The number of ether oxygens (including phenoxy) is 3. The average molecular weight is 481 g/mol. The van der Waals surface area contributed by atoms with Crippen LogP contribution in [0.15, 0.2) is 66.0 Å². The molecule has 0 aliphatic carbocycles. The number of benzene rings is 3. The predicted molar refractivity (Wildman–Crippen MR) is 132 cm³/mol. The van der Waals surface area contributed by atoms with Gasteiger partial charge in [0, 0.05) is 27.8 Å². The lowest BCUT2D eigenvalue weighted by Gasteiger charge is -2.14. The highest BCUT2D eigenvalue weighted by atomic mass is 35.5. The lowest BCUT2D eigenvalue weighted by molar-refractivity contribution is 0.102. The first-order chi connectivity index (χ1) is 16.0. The largest absolute Gasteiger partial charge is 0.493 e. The molecule has 0 bridgehead atoms. The van der Waals surface area contributed by atoms with Crippen molar-refractivity contribution in [1.29, 1.82) is 0 Å². The maximum Gasteiger partial charge on any atom is 0.255 e. The molecule has 1 heterocycles. The minimum Gasteiger partial charge on any atom is -0.493 e. The number of nitrogens with zero attached hydrogens (tertiary/aromatic N) is 1. The summed E-state index contributed by atoms with van der Waals surface area (Å²) in [6.07, 6.45) is 0. The van der Waals surface area contributed by atoms with Crippen molar-refractivity contribution in [2.45, 2.75) is 0 Å². The van der Waals surface area contributed by atoms with E-state index < -0.39 is 0 Å². The van der Waals surface area contributed by atoms with Gasteiger partial charge >= 0.3 is 0 Å². The van der Waals surface area contributed by atoms with Gasteiger partial charge in [-0.25, -0.2) is 4.98 Å². The standard InChI is InChI=1S/C25H21ClN2O4S/c1-30-21-12-16(13-22(31-2)23(21)32-3)24(29)27-17-8-6-7-15(11-17)20-14-33-25(28-20)18-9-4-5-10-19(18)26/h4-14H,1-3H3,(H,27,29). The number of anilines is 1. The van der Waals surface area contributed by atoms with Crippen molar-refractivity contribution < 1.29 is 19.0 Å². The summed E-state index contributed by atoms with van der Waals surface area (Å²) in [7, 11) is 4.53. The van der Waals surface area contributed by atoms with Crippen molar-refractivity contribution in [3.8, 4) is 39.1 Å². The van der Waals surface area contributed by atoms with Crippen molar-refractivity contribution in [1.82, 2.24) is 4.98 Å². The van der Waals surface area contributed by atoms with Crippen molar-refractivity contribution in [3.63, 3.8) is 0 Å². The predicted octanol–water partition coefficient (Wildman–Crippen LogP) is 6.41. The normalized spacial score (nSPS) is 10.5. The Morgan fingerprint density at radius 3 is 2.33 bits per heavy atom. The van der Waals surface area contributed by atoms with Crippen LogP contribution in [0.3, 0.4) is 0 Å². The zero-order chi connectivity index (χ0) is 23.4. The van der Waals surface area contributed by atoms with Crippen molar-refractivity contribution in [2.75, 3.05) is 26.6 Å². The molecule has 0 atom stereocenters. The Labute approximate surface area is 200 Å². The van der Waals surface area contributed by atoms with Crippen molar-refractivity contribution >= 4 is 34.5 Å². The summed E-state index contributed by atoms with van der Waals surface area (Å²) in [5.74, 6) is 0.938. The van der Waals surface area contributed by atoms with Gasteiger partial charge in [0.2, 0.25) is 5.75 Å². The zero-order valence-corrected chi connectivity index (χ0v) is 19.8. The first-order valence-corrected chi connectivity index (χ1v) is 11.2. The minimum atomic E-state index is -0.304. The third-order valence-electron chi connectivity index (χ3n) is 4.95. The topological polar surface area (TPSA) is 69.7 Å². The highest BCUT2D eigenvalue weighted by Crippen LogP contribution is 2.38. The van der Waals surface area contributed by atoms with Crippen LogP contribution < -0.4 is 19.5 Å². The van der Waals surface area contributed by atoms with Gasteiger partial charge in [0.1, 0.15) is 5.01 Å². The van der Waals surface area contributed by atoms with E-state index in [1.807, 2.05) is 53.9 Å². The molecule has 4 rings (SSSR count). The van der Waals surface area contributed by atoms with Crippen LogP contribution in [0.2, 0.25) is 5.02 Å². The second kappa shape index (κ2) is 9.94. The van der Waals surface area contributed by atoms with Gasteiger partial charge < -0.3 is 19.5 Å². The minimum absolute atomic E-state index is 0.304. The van der Waals surface area contributed by atoms with E-state index >= 15 is 0 Å². The molecule has 4 aromatic rings. The van der Waals surface area contributed by atoms with Gasteiger partial charge in [-0.2, -0.15) is 0 Å². The molecule has 168 valence electrons. The highest BCUT2D eigenvalue weighted by Gasteiger charge is 2.17. The molecule has 0 fully saturated rings. The van der Waals surface area contributed by atoms with Crippen LogP contribution in [0.5, 0.6) is 17.2 Å². The molecule has 0 aliphatic heterocycles. The summed E-state index contributed by atoms with van der Waals surface area (Å²) in [6.45, 7) is 0. The Balaban J connectivity index is 1.58. The average Bonchev–Trinajstić information content (AvgIpc) is 3.33. The number of amides is 1. The number of hydrogen-bond acceptors (Lipinski definition) is 6. The molecular formula is C25H21ClN2O4S. The molecule has 0 saturated heterocycles. The van der Waals surface area contributed by atoms with E-state index in [1.54, 1.807) is 12.1 Å². The molecule has 0 saturated carbocycles. The molecule has 1 aromatic heterocycles. The Morgan fingerprint density at radius 2 is 1.67 bits per heavy atom. The Morgan fingerprint density at radius 1 is 0.939 bits per heavy atom. The van der Waals surface area contributed by atoms with Gasteiger partial charge in [-0.3, -0.25) is 4.79 Å². The summed E-state index contributed by atoms with van der Waals surface area (Å²) >= 11 is 7.83. The van der Waals surface area contributed by atoms with Crippen molar-refractivity contribution in [3.05, 3.63) is 76.6 Å². The number of thiazole rings is 1. The molecule has 0 unspecified atom stereocenters. The molecule has 6 nitrogen and oxygen atoms in total. The summed E-state index contributed by atoms with van der Waals surface area (Å²) in [4.78, 5) is 17.7. The van der Waals surface area contributed by atoms with Crippen LogP contribution in [0.25, 0.3) is 21.8 Å². The summed E-state index contributed by atoms with van der Waals surface area (Å²) in [6, 6.07) is 18.3. The fourth-order valence-corrected chi connectivity index (χ4v) is 4.49. The van der Waals surface area contributed by atoms with Crippen LogP contribution in [0.4, 0.5) is 5.69 Å². The SMILES string of the molecule is COc1cc(C(=O)Nc2cccc(-c3csc(-c4ccccc4Cl)n3)c2)cc(OC)c1OC. The molecule has 0 spiro atoms. The number of halogens is 1. The van der Waals surface area contributed by atoms with E-state index in [4.69, 9.17) is 30.8 Å². The van der Waals surface area contributed by atoms with E-state index in [2.05, 4.69) is 5.32 Å². The molecule has 1 N–H and O–H groups in total. The van der Waals surface area contributed by atoms with E-state index in [0.29, 0.717) is 33.5 Å². The lowest BCUT2D eigenvalue weighted by atomic mass is 10.1. The van der Waals surface area contributed by atoms with Crippen LogP contribution in [-0.4, -0.2) is 32.2 Å². The van der Waals surface area contributed by atoms with Gasteiger partial charge in [-0.15, -0.1) is 11.3 Å². The monoisotopic (exact) mass is 480 g/mol. The molecule has 1 amide bonds. The second-order valence-electron chi connectivity index (χ2n) is 6.97. The number of hydrogen-bond donors (Lipinski definition) is 1. The van der Waals surface area contributed by atoms with Gasteiger partial charge in [0.25, 0.3) is 5.91 Å². The zero-order valence-electron chi connectivity index (χ0n) is 18.2. The Bertz CT molecular complexity index is 1280. The number of carbonyl (C=O) groups excluding carboxylic acids is 1. The first kappa shape index (κ1) is 22.6. The summed E-state index contributed by atoms with van der Waals surface area (Å²) in [5.41, 5.74) is 3.59.